The molecule has 0 saturated carbocycles. The summed E-state index contributed by atoms with van der Waals surface area (Å²) in [7, 11) is -0.978. The summed E-state index contributed by atoms with van der Waals surface area (Å²) in [6.45, 7) is 5.51. The maximum atomic E-state index is 13.0. The van der Waals surface area contributed by atoms with Crippen molar-refractivity contribution >= 4 is 16.0 Å². The number of ether oxygens (including phenoxy) is 2. The zero-order valence-corrected chi connectivity index (χ0v) is 17.0. The standard InChI is InChI=1S/C20H25NO5S/c1-6-17(15-9-10-18(25-4)14(3)11-15)21-27(23,24)19-12-16(20(22)26-5)8-7-13(19)2/h7-12,17,21H,6H2,1-5H3/t17-/m0/s1. The highest BCUT2D eigenvalue weighted by atomic mass is 32.2. The van der Waals surface area contributed by atoms with Crippen LogP contribution in [-0.2, 0) is 14.8 Å². The third-order valence-electron chi connectivity index (χ3n) is 4.43. The average molecular weight is 391 g/mol. The molecule has 2 rings (SSSR count). The van der Waals surface area contributed by atoms with E-state index in [9.17, 15) is 13.2 Å². The predicted molar refractivity (Wildman–Crippen MR) is 104 cm³/mol. The van der Waals surface area contributed by atoms with E-state index >= 15 is 0 Å². The van der Waals surface area contributed by atoms with Crippen molar-refractivity contribution in [2.24, 2.45) is 0 Å². The molecule has 0 bridgehead atoms. The second-order valence-corrected chi connectivity index (χ2v) is 7.97. The first-order valence-electron chi connectivity index (χ1n) is 8.59. The molecule has 0 fully saturated rings. The number of methoxy groups -OCH3 is 2. The smallest absolute Gasteiger partial charge is 0.337 e. The Bertz CT molecular complexity index is 937. The molecule has 2 aromatic carbocycles. The normalized spacial score (nSPS) is 12.5. The van der Waals surface area contributed by atoms with Gasteiger partial charge >= 0.3 is 5.97 Å². The van der Waals surface area contributed by atoms with Gasteiger partial charge in [-0.3, -0.25) is 0 Å². The Labute approximate surface area is 160 Å². The molecule has 0 radical (unpaired) electrons. The van der Waals surface area contributed by atoms with Crippen molar-refractivity contribution < 1.29 is 22.7 Å². The molecule has 0 amide bonds. The minimum Gasteiger partial charge on any atom is -0.496 e. The molecule has 0 aliphatic rings. The molecule has 1 atom stereocenters. The van der Waals surface area contributed by atoms with Crippen LogP contribution in [0.3, 0.4) is 0 Å². The number of rotatable bonds is 7. The van der Waals surface area contributed by atoms with E-state index in [2.05, 4.69) is 9.46 Å². The lowest BCUT2D eigenvalue weighted by atomic mass is 10.0. The maximum absolute atomic E-state index is 13.0. The SMILES string of the molecule is CC[C@H](NS(=O)(=O)c1cc(C(=O)OC)ccc1C)c1ccc(OC)c(C)c1. The molecular formula is C20H25NO5S. The minimum atomic E-state index is -3.83. The first-order chi connectivity index (χ1) is 12.7. The fourth-order valence-corrected chi connectivity index (χ4v) is 4.47. The number of hydrogen-bond donors (Lipinski definition) is 1. The van der Waals surface area contributed by atoms with Crippen LogP contribution in [0.15, 0.2) is 41.3 Å². The second-order valence-electron chi connectivity index (χ2n) is 6.28. The number of aryl methyl sites for hydroxylation is 2. The molecular weight excluding hydrogens is 366 g/mol. The number of nitrogens with one attached hydrogen (secondary N) is 1. The van der Waals surface area contributed by atoms with Crippen LogP contribution in [0.1, 0.15) is 46.4 Å². The number of benzene rings is 2. The van der Waals surface area contributed by atoms with Crippen molar-refractivity contribution in [3.8, 4) is 5.75 Å². The lowest BCUT2D eigenvalue weighted by molar-refractivity contribution is 0.0600. The van der Waals surface area contributed by atoms with Gasteiger partial charge < -0.3 is 9.47 Å². The Kier molecular flexibility index (Phi) is 6.62. The van der Waals surface area contributed by atoms with Gasteiger partial charge in [0.15, 0.2) is 0 Å². The summed E-state index contributed by atoms with van der Waals surface area (Å²) in [6.07, 6.45) is 0.570. The predicted octanol–water partition coefficient (Wildman–Crippen LogP) is 3.53. The number of carbonyl (C=O) groups excluding carboxylic acids is 1. The zero-order chi connectivity index (χ0) is 20.2. The summed E-state index contributed by atoms with van der Waals surface area (Å²) in [5.74, 6) is 0.169. The fourth-order valence-electron chi connectivity index (χ4n) is 2.89. The Morgan fingerprint density at radius 1 is 1.07 bits per heavy atom. The van der Waals surface area contributed by atoms with Crippen molar-refractivity contribution in [1.29, 1.82) is 0 Å². The lowest BCUT2D eigenvalue weighted by Gasteiger charge is -2.20. The van der Waals surface area contributed by atoms with Gasteiger partial charge in [0.25, 0.3) is 0 Å². The summed E-state index contributed by atoms with van der Waals surface area (Å²) in [6, 6.07) is 9.66. The fraction of sp³-hybridized carbons (Fsp3) is 0.350. The van der Waals surface area contributed by atoms with Crippen molar-refractivity contribution in [3.63, 3.8) is 0 Å². The Morgan fingerprint density at radius 2 is 1.78 bits per heavy atom. The molecule has 0 unspecified atom stereocenters. The average Bonchev–Trinajstić information content (AvgIpc) is 2.65. The highest BCUT2D eigenvalue weighted by Gasteiger charge is 2.24. The Morgan fingerprint density at radius 3 is 2.33 bits per heavy atom. The number of esters is 1. The van der Waals surface area contributed by atoms with E-state index in [-0.39, 0.29) is 10.5 Å². The topological polar surface area (TPSA) is 81.7 Å². The van der Waals surface area contributed by atoms with Crippen LogP contribution in [0.25, 0.3) is 0 Å². The van der Waals surface area contributed by atoms with E-state index in [1.807, 2.05) is 32.0 Å². The second kappa shape index (κ2) is 8.54. The van der Waals surface area contributed by atoms with Gasteiger partial charge in [0, 0.05) is 6.04 Å². The van der Waals surface area contributed by atoms with Crippen LogP contribution in [0.2, 0.25) is 0 Å². The summed E-state index contributed by atoms with van der Waals surface area (Å²) >= 11 is 0. The summed E-state index contributed by atoms with van der Waals surface area (Å²) < 4.78 is 38.6. The molecule has 27 heavy (non-hydrogen) atoms. The van der Waals surface area contributed by atoms with E-state index in [4.69, 9.17) is 4.74 Å². The van der Waals surface area contributed by atoms with Gasteiger partial charge in [0.1, 0.15) is 5.75 Å². The van der Waals surface area contributed by atoms with Crippen molar-refractivity contribution in [2.75, 3.05) is 14.2 Å². The van der Waals surface area contributed by atoms with Crippen LogP contribution in [0.5, 0.6) is 5.75 Å². The van der Waals surface area contributed by atoms with Crippen molar-refractivity contribution in [2.45, 2.75) is 38.1 Å². The molecule has 0 spiro atoms. The minimum absolute atomic E-state index is 0.0640. The van der Waals surface area contributed by atoms with E-state index in [0.717, 1.165) is 16.9 Å². The van der Waals surface area contributed by atoms with Gasteiger partial charge in [0.05, 0.1) is 24.7 Å². The molecule has 2 aromatic rings. The van der Waals surface area contributed by atoms with Crippen LogP contribution < -0.4 is 9.46 Å². The van der Waals surface area contributed by atoms with Crippen molar-refractivity contribution in [3.05, 3.63) is 58.7 Å². The molecule has 1 N–H and O–H groups in total. The van der Waals surface area contributed by atoms with Gasteiger partial charge in [-0.15, -0.1) is 0 Å². The highest BCUT2D eigenvalue weighted by molar-refractivity contribution is 7.89. The molecule has 0 aliphatic carbocycles. The first-order valence-corrected chi connectivity index (χ1v) is 10.1. The summed E-state index contributed by atoms with van der Waals surface area (Å²) in [5, 5.41) is 0. The largest absolute Gasteiger partial charge is 0.496 e. The van der Waals surface area contributed by atoms with Gasteiger partial charge in [-0.05, 0) is 55.2 Å². The Hall–Kier alpha value is -2.38. The summed E-state index contributed by atoms with van der Waals surface area (Å²) in [5.41, 5.74) is 2.52. The number of carbonyl (C=O) groups is 1. The molecule has 0 aliphatic heterocycles. The molecule has 0 heterocycles. The molecule has 0 saturated heterocycles. The zero-order valence-electron chi connectivity index (χ0n) is 16.2. The van der Waals surface area contributed by atoms with Gasteiger partial charge in [-0.1, -0.05) is 25.1 Å². The van der Waals surface area contributed by atoms with Crippen LogP contribution in [-0.4, -0.2) is 28.6 Å². The molecule has 7 heteroatoms. The Balaban J connectivity index is 2.39. The third kappa shape index (κ3) is 4.67. The molecule has 0 aromatic heterocycles. The van der Waals surface area contributed by atoms with E-state index < -0.39 is 22.0 Å². The van der Waals surface area contributed by atoms with Crippen molar-refractivity contribution in [1.82, 2.24) is 4.72 Å². The number of hydrogen-bond acceptors (Lipinski definition) is 5. The third-order valence-corrected chi connectivity index (χ3v) is 6.04. The van der Waals surface area contributed by atoms with Gasteiger partial charge in [0.2, 0.25) is 10.0 Å². The molecule has 146 valence electrons. The van der Waals surface area contributed by atoms with Gasteiger partial charge in [-0.25, -0.2) is 17.9 Å². The van der Waals surface area contributed by atoms with E-state index in [1.165, 1.54) is 13.2 Å². The highest BCUT2D eigenvalue weighted by Crippen LogP contribution is 2.26. The summed E-state index contributed by atoms with van der Waals surface area (Å²) in [4.78, 5) is 11.8. The molecule has 6 nitrogen and oxygen atoms in total. The maximum Gasteiger partial charge on any atom is 0.337 e. The van der Waals surface area contributed by atoms with E-state index in [1.54, 1.807) is 26.2 Å². The van der Waals surface area contributed by atoms with Crippen LogP contribution >= 0.6 is 0 Å². The first kappa shape index (κ1) is 20.9. The van der Waals surface area contributed by atoms with Gasteiger partial charge in [-0.2, -0.15) is 0 Å². The quantitative estimate of drug-likeness (QED) is 0.730. The monoisotopic (exact) mass is 391 g/mol. The van der Waals surface area contributed by atoms with E-state index in [0.29, 0.717) is 12.0 Å². The van der Waals surface area contributed by atoms with Crippen LogP contribution in [0, 0.1) is 13.8 Å². The lowest BCUT2D eigenvalue weighted by Crippen LogP contribution is -2.29. The number of sulfonamides is 1. The van der Waals surface area contributed by atoms with Crippen LogP contribution in [0.4, 0.5) is 0 Å².